The van der Waals surface area contributed by atoms with Gasteiger partial charge in [-0.2, -0.15) is 0 Å². The Morgan fingerprint density at radius 1 is 1.23 bits per heavy atom. The van der Waals surface area contributed by atoms with Crippen LogP contribution in [0.5, 0.6) is 0 Å². The van der Waals surface area contributed by atoms with E-state index >= 15 is 0 Å². The maximum Gasteiger partial charge on any atom is 0.335 e. The molecule has 0 fully saturated rings. The third kappa shape index (κ3) is 10.1. The van der Waals surface area contributed by atoms with E-state index < -0.39 is 5.97 Å². The molecule has 0 spiro atoms. The molecule has 0 heterocycles. The van der Waals surface area contributed by atoms with Crippen molar-refractivity contribution in [3.63, 3.8) is 0 Å². The fourth-order valence-electron chi connectivity index (χ4n) is 0.354. The second-order valence-corrected chi connectivity index (χ2v) is 1.77. The molecule has 0 saturated carbocycles. The van der Waals surface area contributed by atoms with Crippen LogP contribution in [0.15, 0.2) is 49.6 Å². The van der Waals surface area contributed by atoms with E-state index in [1.165, 1.54) is 24.3 Å². The number of hydrogen-bond acceptors (Lipinski definition) is 2. The zero-order valence-corrected chi connectivity index (χ0v) is 7.36. The van der Waals surface area contributed by atoms with E-state index in [1.807, 2.05) is 0 Å². The number of hydrogen-bond donors (Lipinski definition) is 2. The predicted molar refractivity (Wildman–Crippen MR) is 55.1 cm³/mol. The summed E-state index contributed by atoms with van der Waals surface area (Å²) in [6, 6.07) is 0. The zero-order valence-electron chi connectivity index (χ0n) is 7.36. The summed E-state index contributed by atoms with van der Waals surface area (Å²) in [4.78, 5) is 10.1. The standard InChI is InChI=1S/C7H8O2.C3H5N/c1-3-5-6(4-2)7(8)9;1-2-3-4/h3-5H,1-2H2,(H,8,9);2-4H,1H2/b6-5+;. The SMILES string of the molecule is C=C/C=C(\C=C)C(=O)O.C=CC=N. The van der Waals surface area contributed by atoms with Gasteiger partial charge in [0.2, 0.25) is 0 Å². The van der Waals surface area contributed by atoms with Crippen molar-refractivity contribution < 1.29 is 9.90 Å². The van der Waals surface area contributed by atoms with Gasteiger partial charge in [0.1, 0.15) is 0 Å². The molecule has 0 aromatic heterocycles. The molecule has 0 bridgehead atoms. The van der Waals surface area contributed by atoms with Crippen molar-refractivity contribution >= 4 is 12.2 Å². The number of carbonyl (C=O) groups is 1. The van der Waals surface area contributed by atoms with Gasteiger partial charge in [0.05, 0.1) is 5.57 Å². The molecule has 0 aromatic rings. The van der Waals surface area contributed by atoms with Crippen LogP contribution in [0.2, 0.25) is 0 Å². The molecule has 70 valence electrons. The summed E-state index contributed by atoms with van der Waals surface area (Å²) >= 11 is 0. The van der Waals surface area contributed by atoms with E-state index in [0.29, 0.717) is 0 Å². The van der Waals surface area contributed by atoms with Crippen molar-refractivity contribution in [1.29, 1.82) is 5.41 Å². The van der Waals surface area contributed by atoms with Gasteiger partial charge in [0.15, 0.2) is 0 Å². The first-order valence-electron chi connectivity index (χ1n) is 3.44. The van der Waals surface area contributed by atoms with E-state index in [-0.39, 0.29) is 5.57 Å². The molecule has 0 atom stereocenters. The average Bonchev–Trinajstić information content (AvgIpc) is 2.14. The second kappa shape index (κ2) is 10.1. The molecule has 13 heavy (non-hydrogen) atoms. The van der Waals surface area contributed by atoms with E-state index in [0.717, 1.165) is 6.21 Å². The van der Waals surface area contributed by atoms with Crippen molar-refractivity contribution in [2.45, 2.75) is 0 Å². The molecule has 0 aliphatic carbocycles. The monoisotopic (exact) mass is 179 g/mol. The van der Waals surface area contributed by atoms with Crippen LogP contribution in [-0.4, -0.2) is 17.3 Å². The second-order valence-electron chi connectivity index (χ2n) is 1.77. The van der Waals surface area contributed by atoms with Crippen LogP contribution >= 0.6 is 0 Å². The Hall–Kier alpha value is -1.90. The van der Waals surface area contributed by atoms with E-state index in [4.69, 9.17) is 10.5 Å². The minimum Gasteiger partial charge on any atom is -0.478 e. The highest BCUT2D eigenvalue weighted by Gasteiger charge is 1.97. The number of nitrogens with one attached hydrogen (secondary N) is 1. The van der Waals surface area contributed by atoms with Crippen LogP contribution in [0.1, 0.15) is 0 Å². The summed E-state index contributed by atoms with van der Waals surface area (Å²) in [5, 5.41) is 14.5. The fraction of sp³-hybridized carbons (Fsp3) is 0. The first-order valence-corrected chi connectivity index (χ1v) is 3.44. The topological polar surface area (TPSA) is 61.1 Å². The van der Waals surface area contributed by atoms with Crippen LogP contribution in [0.4, 0.5) is 0 Å². The summed E-state index contributed by atoms with van der Waals surface area (Å²) in [6.07, 6.45) is 6.62. The third-order valence-corrected chi connectivity index (χ3v) is 0.882. The predicted octanol–water partition coefficient (Wildman–Crippen LogP) is 2.19. The van der Waals surface area contributed by atoms with Crippen LogP contribution in [0.25, 0.3) is 0 Å². The lowest BCUT2D eigenvalue weighted by Gasteiger charge is -1.87. The molecule has 3 nitrogen and oxygen atoms in total. The Labute approximate surface area is 77.9 Å². The maximum absolute atomic E-state index is 10.1. The molecule has 0 aliphatic rings. The Balaban J connectivity index is 0. The van der Waals surface area contributed by atoms with E-state index in [2.05, 4.69) is 19.7 Å². The average molecular weight is 179 g/mol. The molecule has 3 heteroatoms. The molecule has 2 N–H and O–H groups in total. The van der Waals surface area contributed by atoms with Gasteiger partial charge < -0.3 is 10.5 Å². The minimum absolute atomic E-state index is 0.157. The highest BCUT2D eigenvalue weighted by molar-refractivity contribution is 5.89. The van der Waals surface area contributed by atoms with Crippen molar-refractivity contribution in [3.8, 4) is 0 Å². The molecule has 0 radical (unpaired) electrons. The molecular weight excluding hydrogens is 166 g/mol. The van der Waals surface area contributed by atoms with Crippen molar-refractivity contribution in [1.82, 2.24) is 0 Å². The third-order valence-electron chi connectivity index (χ3n) is 0.882. The normalized spacial score (nSPS) is 8.77. The first-order chi connectivity index (χ1) is 6.13. The Bertz CT molecular complexity index is 233. The van der Waals surface area contributed by atoms with Gasteiger partial charge >= 0.3 is 5.97 Å². The highest BCUT2D eigenvalue weighted by Crippen LogP contribution is 1.94. The lowest BCUT2D eigenvalue weighted by Crippen LogP contribution is -1.95. The van der Waals surface area contributed by atoms with E-state index in [9.17, 15) is 4.79 Å². The van der Waals surface area contributed by atoms with Crippen LogP contribution in [0, 0.1) is 5.41 Å². The quantitative estimate of drug-likeness (QED) is 0.395. The smallest absolute Gasteiger partial charge is 0.335 e. The van der Waals surface area contributed by atoms with Gasteiger partial charge in [0, 0.05) is 6.21 Å². The molecule has 0 aromatic carbocycles. The number of carboxylic acid groups (broad SMARTS) is 1. The van der Waals surface area contributed by atoms with Gasteiger partial charge in [-0.05, 0) is 6.08 Å². The Morgan fingerprint density at radius 3 is 1.77 bits per heavy atom. The molecule has 0 rings (SSSR count). The van der Waals surface area contributed by atoms with E-state index in [1.54, 1.807) is 0 Å². The van der Waals surface area contributed by atoms with Gasteiger partial charge in [-0.15, -0.1) is 0 Å². The number of carboxylic acids is 1. The summed E-state index contributed by atoms with van der Waals surface area (Å²) in [5.41, 5.74) is 0.157. The van der Waals surface area contributed by atoms with Crippen molar-refractivity contribution in [3.05, 3.63) is 49.6 Å². The van der Waals surface area contributed by atoms with Crippen molar-refractivity contribution in [2.75, 3.05) is 0 Å². The van der Waals surface area contributed by atoms with Gasteiger partial charge in [0.25, 0.3) is 0 Å². The first kappa shape index (κ1) is 13.7. The highest BCUT2D eigenvalue weighted by atomic mass is 16.4. The fourth-order valence-corrected chi connectivity index (χ4v) is 0.354. The van der Waals surface area contributed by atoms with Gasteiger partial charge in [-0.3, -0.25) is 0 Å². The lowest BCUT2D eigenvalue weighted by molar-refractivity contribution is -0.132. The van der Waals surface area contributed by atoms with Crippen LogP contribution in [0.3, 0.4) is 0 Å². The molecule has 0 aliphatic heterocycles. The Kier molecular flexibility index (Phi) is 10.6. The molecule has 0 amide bonds. The summed E-state index contributed by atoms with van der Waals surface area (Å²) in [5.74, 6) is -0.982. The number of aliphatic carboxylic acids is 1. The maximum atomic E-state index is 10.1. The van der Waals surface area contributed by atoms with Gasteiger partial charge in [-0.25, -0.2) is 4.79 Å². The molecule has 0 unspecified atom stereocenters. The summed E-state index contributed by atoms with van der Waals surface area (Å²) < 4.78 is 0. The summed E-state index contributed by atoms with van der Waals surface area (Å²) in [7, 11) is 0. The zero-order chi connectivity index (χ0) is 10.7. The van der Waals surface area contributed by atoms with Crippen molar-refractivity contribution in [2.24, 2.45) is 0 Å². The Morgan fingerprint density at radius 2 is 1.69 bits per heavy atom. The largest absolute Gasteiger partial charge is 0.478 e. The van der Waals surface area contributed by atoms with Crippen LogP contribution in [-0.2, 0) is 4.79 Å². The van der Waals surface area contributed by atoms with Gasteiger partial charge in [-0.1, -0.05) is 38.0 Å². The van der Waals surface area contributed by atoms with Crippen LogP contribution < -0.4 is 0 Å². The molecular formula is C10H13NO2. The summed E-state index contributed by atoms with van der Waals surface area (Å²) in [6.45, 7) is 9.88. The number of allylic oxidation sites excluding steroid dienone is 3. The molecule has 0 saturated heterocycles. The number of rotatable bonds is 4. The minimum atomic E-state index is -0.982. The lowest BCUT2D eigenvalue weighted by atomic mass is 10.2.